The van der Waals surface area contributed by atoms with Crippen molar-refractivity contribution in [1.29, 1.82) is 0 Å². The molecule has 0 aliphatic heterocycles. The molecule has 0 saturated heterocycles. The van der Waals surface area contributed by atoms with Gasteiger partial charge in [0.15, 0.2) is 0 Å². The highest BCUT2D eigenvalue weighted by Crippen LogP contribution is 2.16. The Labute approximate surface area is 93.5 Å². The molecule has 0 fully saturated rings. The number of hydrogen-bond acceptors (Lipinski definition) is 2. The number of nitrogens with zero attached hydrogens (tertiary/aromatic N) is 2. The van der Waals surface area contributed by atoms with Crippen molar-refractivity contribution >= 4 is 11.6 Å². The van der Waals surface area contributed by atoms with Crippen LogP contribution in [0.2, 0.25) is 5.02 Å². The molecule has 0 radical (unpaired) electrons. The lowest BCUT2D eigenvalue weighted by atomic mass is 10.1. The van der Waals surface area contributed by atoms with Crippen molar-refractivity contribution in [3.8, 4) is 5.69 Å². The van der Waals surface area contributed by atoms with E-state index in [-0.39, 0.29) is 0 Å². The summed E-state index contributed by atoms with van der Waals surface area (Å²) in [7, 11) is 0. The SMILES string of the molecule is NCCc1ccccc1-n1cc(Cl)cn1. The maximum absolute atomic E-state index is 5.83. The smallest absolute Gasteiger partial charge is 0.0790 e. The third-order valence-electron chi connectivity index (χ3n) is 2.20. The molecule has 0 aliphatic carbocycles. The molecule has 0 bridgehead atoms. The lowest BCUT2D eigenvalue weighted by Crippen LogP contribution is -2.06. The third-order valence-corrected chi connectivity index (χ3v) is 2.40. The van der Waals surface area contributed by atoms with Crippen LogP contribution in [0.15, 0.2) is 36.7 Å². The minimum absolute atomic E-state index is 0.631. The molecule has 2 N–H and O–H groups in total. The molecule has 0 amide bonds. The van der Waals surface area contributed by atoms with Gasteiger partial charge < -0.3 is 5.73 Å². The van der Waals surface area contributed by atoms with E-state index in [1.807, 2.05) is 18.2 Å². The highest BCUT2D eigenvalue weighted by molar-refractivity contribution is 6.30. The first-order valence-corrected chi connectivity index (χ1v) is 5.17. The Morgan fingerprint density at radius 1 is 1.33 bits per heavy atom. The molecule has 0 aliphatic rings. The molecule has 2 rings (SSSR count). The predicted octanol–water partition coefficient (Wildman–Crippen LogP) is 2.03. The lowest BCUT2D eigenvalue weighted by Gasteiger charge is -2.07. The van der Waals surface area contributed by atoms with Crippen LogP contribution in [0.25, 0.3) is 5.69 Å². The molecule has 15 heavy (non-hydrogen) atoms. The quantitative estimate of drug-likeness (QED) is 0.862. The highest BCUT2D eigenvalue weighted by atomic mass is 35.5. The van der Waals surface area contributed by atoms with E-state index in [4.69, 9.17) is 17.3 Å². The van der Waals surface area contributed by atoms with Gasteiger partial charge >= 0.3 is 0 Å². The van der Waals surface area contributed by atoms with Crippen LogP contribution < -0.4 is 5.73 Å². The van der Waals surface area contributed by atoms with Gasteiger partial charge in [0, 0.05) is 6.20 Å². The Morgan fingerprint density at radius 3 is 2.80 bits per heavy atom. The number of rotatable bonds is 3. The summed E-state index contributed by atoms with van der Waals surface area (Å²) in [5.41, 5.74) is 7.77. The summed E-state index contributed by atoms with van der Waals surface area (Å²) >= 11 is 5.83. The second-order valence-corrected chi connectivity index (χ2v) is 3.71. The lowest BCUT2D eigenvalue weighted by molar-refractivity contribution is 0.851. The monoisotopic (exact) mass is 221 g/mol. The molecule has 4 heteroatoms. The summed E-state index contributed by atoms with van der Waals surface area (Å²) in [6.07, 6.45) is 4.26. The van der Waals surface area contributed by atoms with Crippen molar-refractivity contribution in [2.75, 3.05) is 6.54 Å². The van der Waals surface area contributed by atoms with Crippen molar-refractivity contribution in [2.24, 2.45) is 5.73 Å². The minimum atomic E-state index is 0.631. The number of para-hydroxylation sites is 1. The van der Waals surface area contributed by atoms with Gasteiger partial charge in [-0.3, -0.25) is 0 Å². The van der Waals surface area contributed by atoms with Gasteiger partial charge in [-0.05, 0) is 24.6 Å². The van der Waals surface area contributed by atoms with Crippen molar-refractivity contribution in [3.63, 3.8) is 0 Å². The zero-order valence-electron chi connectivity index (χ0n) is 8.23. The van der Waals surface area contributed by atoms with Crippen LogP contribution in [0.3, 0.4) is 0 Å². The number of aromatic nitrogens is 2. The van der Waals surface area contributed by atoms with E-state index < -0.39 is 0 Å². The van der Waals surface area contributed by atoms with Crippen molar-refractivity contribution in [2.45, 2.75) is 6.42 Å². The van der Waals surface area contributed by atoms with Gasteiger partial charge in [-0.2, -0.15) is 5.10 Å². The molecule has 0 unspecified atom stereocenters. The van der Waals surface area contributed by atoms with E-state index in [0.717, 1.165) is 12.1 Å². The fourth-order valence-electron chi connectivity index (χ4n) is 1.53. The largest absolute Gasteiger partial charge is 0.330 e. The predicted molar refractivity (Wildman–Crippen MR) is 61.3 cm³/mol. The molecule has 1 aromatic carbocycles. The zero-order chi connectivity index (χ0) is 10.7. The molecule has 1 aromatic heterocycles. The fraction of sp³-hybridized carbons (Fsp3) is 0.182. The molecule has 2 aromatic rings. The van der Waals surface area contributed by atoms with Gasteiger partial charge in [0.25, 0.3) is 0 Å². The average Bonchev–Trinajstić information content (AvgIpc) is 2.66. The molecule has 0 atom stereocenters. The highest BCUT2D eigenvalue weighted by Gasteiger charge is 2.04. The van der Waals surface area contributed by atoms with Gasteiger partial charge in [0.05, 0.1) is 16.9 Å². The van der Waals surface area contributed by atoms with E-state index in [1.165, 1.54) is 5.56 Å². The molecule has 0 saturated carbocycles. The third kappa shape index (κ3) is 2.19. The van der Waals surface area contributed by atoms with Crippen LogP contribution in [0.1, 0.15) is 5.56 Å². The Morgan fingerprint density at radius 2 is 2.13 bits per heavy atom. The van der Waals surface area contributed by atoms with E-state index in [9.17, 15) is 0 Å². The summed E-state index contributed by atoms with van der Waals surface area (Å²) in [5.74, 6) is 0. The van der Waals surface area contributed by atoms with E-state index >= 15 is 0 Å². The van der Waals surface area contributed by atoms with E-state index in [2.05, 4.69) is 11.2 Å². The number of benzene rings is 1. The maximum Gasteiger partial charge on any atom is 0.0790 e. The molecule has 0 spiro atoms. The first-order valence-electron chi connectivity index (χ1n) is 4.80. The Bertz CT molecular complexity index is 451. The topological polar surface area (TPSA) is 43.8 Å². The summed E-state index contributed by atoms with van der Waals surface area (Å²) < 4.78 is 1.77. The number of halogens is 1. The van der Waals surface area contributed by atoms with Gasteiger partial charge in [0.1, 0.15) is 0 Å². The van der Waals surface area contributed by atoms with Crippen LogP contribution in [0.5, 0.6) is 0 Å². The van der Waals surface area contributed by atoms with Crippen molar-refractivity contribution < 1.29 is 0 Å². The van der Waals surface area contributed by atoms with Crippen LogP contribution in [0, 0.1) is 0 Å². The standard InChI is InChI=1S/C11H12ClN3/c12-10-7-14-15(8-10)11-4-2-1-3-9(11)5-6-13/h1-4,7-8H,5-6,13H2. The van der Waals surface area contributed by atoms with Crippen LogP contribution in [-0.4, -0.2) is 16.3 Å². The molecular weight excluding hydrogens is 210 g/mol. The summed E-state index contributed by atoms with van der Waals surface area (Å²) in [5, 5.41) is 4.81. The Hall–Kier alpha value is -1.32. The molecule has 1 heterocycles. The van der Waals surface area contributed by atoms with E-state index in [0.29, 0.717) is 11.6 Å². The van der Waals surface area contributed by atoms with Crippen LogP contribution in [-0.2, 0) is 6.42 Å². The number of hydrogen-bond donors (Lipinski definition) is 1. The average molecular weight is 222 g/mol. The van der Waals surface area contributed by atoms with Gasteiger partial charge in [0.2, 0.25) is 0 Å². The Balaban J connectivity index is 2.42. The Kier molecular flexibility index (Phi) is 3.04. The first kappa shape index (κ1) is 10.2. The zero-order valence-corrected chi connectivity index (χ0v) is 8.98. The second kappa shape index (κ2) is 4.47. The normalized spacial score (nSPS) is 10.5. The van der Waals surface area contributed by atoms with Gasteiger partial charge in [-0.15, -0.1) is 0 Å². The minimum Gasteiger partial charge on any atom is -0.330 e. The second-order valence-electron chi connectivity index (χ2n) is 3.27. The van der Waals surface area contributed by atoms with Crippen molar-refractivity contribution in [3.05, 3.63) is 47.2 Å². The summed E-state index contributed by atoms with van der Waals surface area (Å²) in [4.78, 5) is 0. The number of nitrogens with two attached hydrogens (primary N) is 1. The van der Waals surface area contributed by atoms with Gasteiger partial charge in [-0.1, -0.05) is 29.8 Å². The van der Waals surface area contributed by atoms with Crippen molar-refractivity contribution in [1.82, 2.24) is 9.78 Å². The first-order chi connectivity index (χ1) is 7.31. The molecule has 78 valence electrons. The van der Waals surface area contributed by atoms with Crippen LogP contribution >= 0.6 is 11.6 Å². The molecule has 3 nitrogen and oxygen atoms in total. The van der Waals surface area contributed by atoms with E-state index in [1.54, 1.807) is 17.1 Å². The summed E-state index contributed by atoms with van der Waals surface area (Å²) in [6, 6.07) is 8.04. The molecular formula is C11H12ClN3. The fourth-order valence-corrected chi connectivity index (χ4v) is 1.67. The summed E-state index contributed by atoms with van der Waals surface area (Å²) in [6.45, 7) is 0.631. The maximum atomic E-state index is 5.83. The van der Waals surface area contributed by atoms with Crippen LogP contribution in [0.4, 0.5) is 0 Å². The van der Waals surface area contributed by atoms with Gasteiger partial charge in [-0.25, -0.2) is 4.68 Å².